The first-order valence-electron chi connectivity index (χ1n) is 3.78. The van der Waals surface area contributed by atoms with Gasteiger partial charge in [0.1, 0.15) is 6.04 Å². The van der Waals surface area contributed by atoms with Crippen LogP contribution >= 0.6 is 0 Å². The minimum Gasteiger partial charge on any atom is -0.326 e. The average Bonchev–Trinajstić information content (AvgIpc) is 2.17. The van der Waals surface area contributed by atoms with Crippen molar-refractivity contribution in [3.63, 3.8) is 0 Å². The van der Waals surface area contributed by atoms with Crippen molar-refractivity contribution < 1.29 is 9.59 Å². The van der Waals surface area contributed by atoms with E-state index < -0.39 is 0 Å². The van der Waals surface area contributed by atoms with Gasteiger partial charge in [0, 0.05) is 6.54 Å². The topological polar surface area (TPSA) is 49.4 Å². The van der Waals surface area contributed by atoms with Crippen molar-refractivity contribution in [2.45, 2.75) is 26.3 Å². The zero-order valence-electron chi connectivity index (χ0n) is 6.76. The standard InChI is InChI=1S/C7H12N2O2/c1-3-4-9-6(10)5(2)8-7(9)11/h5H,3-4H2,1-2H3,(H,8,11)/t5-/m1/s1. The van der Waals surface area contributed by atoms with Gasteiger partial charge in [0.2, 0.25) is 0 Å². The van der Waals surface area contributed by atoms with Crippen LogP contribution in [0.1, 0.15) is 20.3 Å². The Bertz CT molecular complexity index is 191. The predicted molar refractivity (Wildman–Crippen MR) is 40.0 cm³/mol. The fraction of sp³-hybridized carbons (Fsp3) is 0.714. The summed E-state index contributed by atoms with van der Waals surface area (Å²) in [6, 6.07) is -0.599. The second kappa shape index (κ2) is 2.90. The van der Waals surface area contributed by atoms with Crippen LogP contribution in [0.4, 0.5) is 4.79 Å². The quantitative estimate of drug-likeness (QED) is 0.586. The Balaban J connectivity index is 2.64. The largest absolute Gasteiger partial charge is 0.326 e. The molecule has 0 radical (unpaired) electrons. The summed E-state index contributed by atoms with van der Waals surface area (Å²) < 4.78 is 0. The molecule has 1 saturated heterocycles. The van der Waals surface area contributed by atoms with Crippen molar-refractivity contribution in [1.29, 1.82) is 0 Å². The SMILES string of the molecule is CCCN1C(=O)N[C@H](C)C1=O. The molecule has 1 N–H and O–H groups in total. The van der Waals surface area contributed by atoms with E-state index in [4.69, 9.17) is 0 Å². The minimum atomic E-state index is -0.339. The van der Waals surface area contributed by atoms with E-state index in [2.05, 4.69) is 5.32 Å². The van der Waals surface area contributed by atoms with E-state index in [-0.39, 0.29) is 18.0 Å². The second-order valence-corrected chi connectivity index (χ2v) is 2.66. The Morgan fingerprint density at radius 3 is 2.55 bits per heavy atom. The van der Waals surface area contributed by atoms with Gasteiger partial charge in [-0.05, 0) is 13.3 Å². The van der Waals surface area contributed by atoms with E-state index in [1.54, 1.807) is 6.92 Å². The van der Waals surface area contributed by atoms with Crippen LogP contribution in [-0.2, 0) is 4.79 Å². The third-order valence-corrected chi connectivity index (χ3v) is 1.67. The molecule has 62 valence electrons. The van der Waals surface area contributed by atoms with Crippen molar-refractivity contribution in [1.82, 2.24) is 10.2 Å². The highest BCUT2D eigenvalue weighted by molar-refractivity contribution is 6.03. The number of nitrogens with zero attached hydrogens (tertiary/aromatic N) is 1. The Hall–Kier alpha value is -1.06. The van der Waals surface area contributed by atoms with E-state index in [0.717, 1.165) is 6.42 Å². The number of hydrogen-bond donors (Lipinski definition) is 1. The summed E-state index contributed by atoms with van der Waals surface area (Å²) in [7, 11) is 0. The van der Waals surface area contributed by atoms with Crippen LogP contribution in [0.2, 0.25) is 0 Å². The van der Waals surface area contributed by atoms with Gasteiger partial charge in [0.05, 0.1) is 0 Å². The van der Waals surface area contributed by atoms with E-state index in [9.17, 15) is 9.59 Å². The van der Waals surface area contributed by atoms with Crippen molar-refractivity contribution in [3.05, 3.63) is 0 Å². The van der Waals surface area contributed by atoms with Gasteiger partial charge < -0.3 is 5.32 Å². The smallest absolute Gasteiger partial charge is 0.324 e. The summed E-state index contributed by atoms with van der Waals surface area (Å²) >= 11 is 0. The highest BCUT2D eigenvalue weighted by Gasteiger charge is 2.33. The van der Waals surface area contributed by atoms with Gasteiger partial charge in [0.15, 0.2) is 0 Å². The summed E-state index contributed by atoms with van der Waals surface area (Å²) in [4.78, 5) is 23.4. The molecule has 0 saturated carbocycles. The van der Waals surface area contributed by atoms with E-state index in [0.29, 0.717) is 6.54 Å². The third-order valence-electron chi connectivity index (χ3n) is 1.67. The number of imide groups is 1. The molecule has 4 heteroatoms. The van der Waals surface area contributed by atoms with Crippen LogP contribution in [0, 0.1) is 0 Å². The number of carbonyl (C=O) groups excluding carboxylic acids is 2. The van der Waals surface area contributed by atoms with Crippen LogP contribution in [0.15, 0.2) is 0 Å². The third kappa shape index (κ3) is 1.34. The van der Waals surface area contributed by atoms with Gasteiger partial charge in [-0.3, -0.25) is 9.69 Å². The van der Waals surface area contributed by atoms with Gasteiger partial charge >= 0.3 is 6.03 Å². The lowest BCUT2D eigenvalue weighted by atomic mass is 10.3. The molecule has 1 rings (SSSR count). The predicted octanol–water partition coefficient (Wildman–Crippen LogP) is 0.337. The first-order chi connectivity index (χ1) is 5.16. The van der Waals surface area contributed by atoms with E-state index in [1.165, 1.54) is 4.90 Å². The Labute approximate surface area is 65.6 Å². The van der Waals surface area contributed by atoms with Crippen LogP contribution in [-0.4, -0.2) is 29.4 Å². The van der Waals surface area contributed by atoms with Gasteiger partial charge in [-0.25, -0.2) is 4.79 Å². The molecule has 3 amide bonds. The lowest BCUT2D eigenvalue weighted by Gasteiger charge is -2.09. The molecular formula is C7H12N2O2. The number of hydrogen-bond acceptors (Lipinski definition) is 2. The first kappa shape index (κ1) is 8.04. The van der Waals surface area contributed by atoms with E-state index >= 15 is 0 Å². The van der Waals surface area contributed by atoms with Crippen molar-refractivity contribution in [2.75, 3.05) is 6.54 Å². The normalized spacial score (nSPS) is 24.2. The van der Waals surface area contributed by atoms with Gasteiger partial charge in [-0.1, -0.05) is 6.92 Å². The molecule has 4 nitrogen and oxygen atoms in total. The van der Waals surface area contributed by atoms with Crippen molar-refractivity contribution >= 4 is 11.9 Å². The fourth-order valence-electron chi connectivity index (χ4n) is 1.09. The number of rotatable bonds is 2. The second-order valence-electron chi connectivity index (χ2n) is 2.66. The molecule has 11 heavy (non-hydrogen) atoms. The maximum absolute atomic E-state index is 11.1. The monoisotopic (exact) mass is 156 g/mol. The molecule has 1 atom stereocenters. The van der Waals surface area contributed by atoms with Gasteiger partial charge in [-0.15, -0.1) is 0 Å². The van der Waals surface area contributed by atoms with Crippen molar-refractivity contribution in [3.8, 4) is 0 Å². The fourth-order valence-corrected chi connectivity index (χ4v) is 1.09. The van der Waals surface area contributed by atoms with Crippen molar-refractivity contribution in [2.24, 2.45) is 0 Å². The average molecular weight is 156 g/mol. The van der Waals surface area contributed by atoms with Gasteiger partial charge in [-0.2, -0.15) is 0 Å². The van der Waals surface area contributed by atoms with E-state index in [1.807, 2.05) is 6.92 Å². The lowest BCUT2D eigenvalue weighted by Crippen LogP contribution is -2.31. The Morgan fingerprint density at radius 1 is 1.55 bits per heavy atom. The molecule has 0 bridgehead atoms. The summed E-state index contributed by atoms with van der Waals surface area (Å²) in [5.74, 6) is -0.114. The van der Waals surface area contributed by atoms with Crippen LogP contribution < -0.4 is 5.32 Å². The van der Waals surface area contributed by atoms with Gasteiger partial charge in [0.25, 0.3) is 5.91 Å². The minimum absolute atomic E-state index is 0.114. The molecule has 0 aromatic heterocycles. The molecule has 0 aliphatic carbocycles. The summed E-state index contributed by atoms with van der Waals surface area (Å²) in [5.41, 5.74) is 0. The van der Waals surface area contributed by atoms with Crippen LogP contribution in [0.25, 0.3) is 0 Å². The van der Waals surface area contributed by atoms with Crippen LogP contribution in [0.5, 0.6) is 0 Å². The Morgan fingerprint density at radius 2 is 2.18 bits per heavy atom. The molecule has 0 spiro atoms. The number of nitrogens with one attached hydrogen (secondary N) is 1. The highest BCUT2D eigenvalue weighted by Crippen LogP contribution is 2.05. The number of carbonyl (C=O) groups is 2. The highest BCUT2D eigenvalue weighted by atomic mass is 16.2. The summed E-state index contributed by atoms with van der Waals surface area (Å²) in [5, 5.41) is 2.54. The molecule has 0 aromatic rings. The zero-order valence-corrected chi connectivity index (χ0v) is 6.76. The molecule has 1 aliphatic heterocycles. The number of urea groups is 1. The zero-order chi connectivity index (χ0) is 8.43. The molecule has 0 aromatic carbocycles. The first-order valence-corrected chi connectivity index (χ1v) is 3.78. The molecule has 1 fully saturated rings. The number of amides is 3. The summed E-state index contributed by atoms with van der Waals surface area (Å²) in [6.45, 7) is 4.15. The lowest BCUT2D eigenvalue weighted by molar-refractivity contribution is -0.127. The molecule has 0 unspecified atom stereocenters. The molecule has 1 aliphatic rings. The maximum atomic E-state index is 11.1. The molecule has 1 heterocycles. The maximum Gasteiger partial charge on any atom is 0.324 e. The summed E-state index contributed by atoms with van der Waals surface area (Å²) in [6.07, 6.45) is 0.811. The Kier molecular flexibility index (Phi) is 2.12. The molecular weight excluding hydrogens is 144 g/mol. The van der Waals surface area contributed by atoms with Crippen LogP contribution in [0.3, 0.4) is 0 Å².